The topological polar surface area (TPSA) is 70.2 Å². The van der Waals surface area contributed by atoms with Crippen molar-refractivity contribution in [1.29, 1.82) is 0 Å². The summed E-state index contributed by atoms with van der Waals surface area (Å²) in [6.45, 7) is 2.57. The Balaban J connectivity index is 0.00000180. The Morgan fingerprint density at radius 2 is 1.74 bits per heavy atom. The van der Waals surface area contributed by atoms with Crippen molar-refractivity contribution >= 4 is 24.2 Å². The van der Waals surface area contributed by atoms with E-state index in [0.717, 1.165) is 12.8 Å². The fraction of sp³-hybridized carbons (Fsp3) is 0.846. The van der Waals surface area contributed by atoms with Gasteiger partial charge in [-0.1, -0.05) is 0 Å². The first kappa shape index (κ1) is 16.2. The first-order valence-electron chi connectivity index (χ1n) is 6.96. The molecule has 2 amide bonds. The summed E-state index contributed by atoms with van der Waals surface area (Å²) in [5, 5.41) is 8.92. The van der Waals surface area contributed by atoms with Crippen molar-refractivity contribution in [2.45, 2.75) is 51.1 Å². The maximum absolute atomic E-state index is 11.7. The summed E-state index contributed by atoms with van der Waals surface area (Å²) < 4.78 is 0. The van der Waals surface area contributed by atoms with E-state index in [1.54, 1.807) is 0 Å². The largest absolute Gasteiger partial charge is 0.355 e. The predicted molar refractivity (Wildman–Crippen MR) is 76.2 cm³/mol. The van der Waals surface area contributed by atoms with Gasteiger partial charge in [0.25, 0.3) is 0 Å². The van der Waals surface area contributed by atoms with Crippen LogP contribution in [0.5, 0.6) is 0 Å². The van der Waals surface area contributed by atoms with Gasteiger partial charge in [-0.3, -0.25) is 9.59 Å². The van der Waals surface area contributed by atoms with E-state index in [0.29, 0.717) is 31.0 Å². The zero-order chi connectivity index (χ0) is 13.0. The Bertz CT molecular complexity index is 313. The Kier molecular flexibility index (Phi) is 6.58. The third-order valence-electron chi connectivity index (χ3n) is 3.86. The van der Waals surface area contributed by atoms with Crippen LogP contribution in [0, 0.1) is 5.92 Å². The predicted octanol–water partition coefficient (Wildman–Crippen LogP) is 0.581. The minimum atomic E-state index is -0.115. The van der Waals surface area contributed by atoms with E-state index in [9.17, 15) is 9.59 Å². The highest BCUT2D eigenvalue weighted by Crippen LogP contribution is 2.32. The van der Waals surface area contributed by atoms with Gasteiger partial charge in [0, 0.05) is 25.0 Å². The van der Waals surface area contributed by atoms with Gasteiger partial charge in [0.1, 0.15) is 0 Å². The quantitative estimate of drug-likeness (QED) is 0.693. The van der Waals surface area contributed by atoms with Gasteiger partial charge in [0.05, 0.1) is 6.54 Å². The van der Waals surface area contributed by atoms with Crippen LogP contribution in [-0.2, 0) is 9.59 Å². The molecule has 2 aliphatic rings. The number of rotatable bonds is 5. The van der Waals surface area contributed by atoms with Gasteiger partial charge < -0.3 is 16.0 Å². The van der Waals surface area contributed by atoms with Crippen LogP contribution in [0.15, 0.2) is 0 Å². The molecule has 3 N–H and O–H groups in total. The smallest absolute Gasteiger partial charge is 0.239 e. The zero-order valence-electron chi connectivity index (χ0n) is 11.4. The maximum atomic E-state index is 11.7. The van der Waals surface area contributed by atoms with Crippen molar-refractivity contribution in [1.82, 2.24) is 16.0 Å². The van der Waals surface area contributed by atoms with Crippen molar-refractivity contribution in [2.75, 3.05) is 13.1 Å². The van der Waals surface area contributed by atoms with Crippen molar-refractivity contribution in [3.05, 3.63) is 0 Å². The van der Waals surface area contributed by atoms with Gasteiger partial charge >= 0.3 is 0 Å². The van der Waals surface area contributed by atoms with Crippen LogP contribution >= 0.6 is 12.4 Å². The van der Waals surface area contributed by atoms with Gasteiger partial charge in [-0.25, -0.2) is 0 Å². The molecule has 0 aliphatic carbocycles. The highest BCUT2D eigenvalue weighted by molar-refractivity contribution is 5.85. The average Bonchev–Trinajstić information content (AvgIpc) is 2.67. The molecule has 110 valence electrons. The summed E-state index contributed by atoms with van der Waals surface area (Å²) in [5.41, 5.74) is 0. The normalized spacial score (nSPS) is 28.4. The molecule has 2 bridgehead atoms. The summed E-state index contributed by atoms with van der Waals surface area (Å²) in [7, 11) is 0. The van der Waals surface area contributed by atoms with E-state index in [2.05, 4.69) is 16.0 Å². The molecule has 5 nitrogen and oxygen atoms in total. The van der Waals surface area contributed by atoms with E-state index in [1.807, 2.05) is 6.92 Å². The molecule has 0 aromatic carbocycles. The highest BCUT2D eigenvalue weighted by Gasteiger charge is 2.34. The molecular formula is C13H24ClN3O2. The van der Waals surface area contributed by atoms with E-state index in [4.69, 9.17) is 0 Å². The molecule has 0 saturated carbocycles. The third kappa shape index (κ3) is 4.99. The van der Waals surface area contributed by atoms with Gasteiger partial charge in [-0.2, -0.15) is 0 Å². The molecular weight excluding hydrogens is 266 g/mol. The number of piperidine rings is 1. The van der Waals surface area contributed by atoms with Crippen molar-refractivity contribution in [3.8, 4) is 0 Å². The van der Waals surface area contributed by atoms with Crippen LogP contribution in [0.25, 0.3) is 0 Å². The van der Waals surface area contributed by atoms with E-state index in [-0.39, 0.29) is 30.8 Å². The lowest BCUT2D eigenvalue weighted by Crippen LogP contribution is -2.41. The van der Waals surface area contributed by atoms with Crippen LogP contribution in [0.2, 0.25) is 0 Å². The molecule has 6 heteroatoms. The summed E-state index contributed by atoms with van der Waals surface area (Å²) in [4.78, 5) is 23.0. The molecule has 2 rings (SSSR count). The first-order valence-corrected chi connectivity index (χ1v) is 6.96. The molecule has 0 aromatic rings. The second-order valence-electron chi connectivity index (χ2n) is 5.41. The lowest BCUT2D eigenvalue weighted by Gasteiger charge is -2.28. The molecule has 2 atom stereocenters. The first-order chi connectivity index (χ1) is 8.67. The van der Waals surface area contributed by atoms with E-state index >= 15 is 0 Å². The minimum absolute atomic E-state index is 0. The lowest BCUT2D eigenvalue weighted by atomic mass is 9.89. The average molecular weight is 290 g/mol. The SMILES string of the molecule is CCNC(=O)CNC(=O)CC1CC2CCC(C1)N2.Cl. The van der Waals surface area contributed by atoms with E-state index in [1.165, 1.54) is 12.8 Å². The summed E-state index contributed by atoms with van der Waals surface area (Å²) >= 11 is 0. The molecule has 0 aromatic heterocycles. The van der Waals surface area contributed by atoms with Gasteiger partial charge in [-0.05, 0) is 38.5 Å². The third-order valence-corrected chi connectivity index (χ3v) is 3.86. The maximum Gasteiger partial charge on any atom is 0.239 e. The monoisotopic (exact) mass is 289 g/mol. The number of nitrogens with one attached hydrogen (secondary N) is 3. The number of carbonyl (C=O) groups is 2. The van der Waals surface area contributed by atoms with Gasteiger partial charge in [0.2, 0.25) is 11.8 Å². The fourth-order valence-electron chi connectivity index (χ4n) is 3.11. The standard InChI is InChI=1S/C13H23N3O2.ClH/c1-2-14-13(18)8-15-12(17)7-9-5-10-3-4-11(6-9)16-10;/h9-11,16H,2-8H2,1H3,(H,14,18)(H,15,17);1H. The van der Waals surface area contributed by atoms with Gasteiger partial charge in [0.15, 0.2) is 0 Å². The number of halogens is 1. The Morgan fingerprint density at radius 1 is 1.11 bits per heavy atom. The van der Waals surface area contributed by atoms with Crippen molar-refractivity contribution in [2.24, 2.45) is 5.92 Å². The molecule has 2 aliphatic heterocycles. The number of hydrogen-bond acceptors (Lipinski definition) is 3. The van der Waals surface area contributed by atoms with Crippen LogP contribution in [0.4, 0.5) is 0 Å². The van der Waals surface area contributed by atoms with Crippen molar-refractivity contribution in [3.63, 3.8) is 0 Å². The molecule has 2 saturated heterocycles. The number of hydrogen-bond donors (Lipinski definition) is 3. The lowest BCUT2D eigenvalue weighted by molar-refractivity contribution is -0.126. The van der Waals surface area contributed by atoms with Gasteiger partial charge in [-0.15, -0.1) is 12.4 Å². The molecule has 2 unspecified atom stereocenters. The molecule has 2 fully saturated rings. The fourth-order valence-corrected chi connectivity index (χ4v) is 3.11. The minimum Gasteiger partial charge on any atom is -0.355 e. The van der Waals surface area contributed by atoms with Crippen LogP contribution in [-0.4, -0.2) is 37.0 Å². The number of likely N-dealkylation sites (N-methyl/N-ethyl adjacent to an activating group) is 1. The Morgan fingerprint density at radius 3 is 2.32 bits per heavy atom. The van der Waals surface area contributed by atoms with E-state index < -0.39 is 0 Å². The number of fused-ring (bicyclic) bond motifs is 2. The summed E-state index contributed by atoms with van der Waals surface area (Å²) in [5.74, 6) is 0.377. The second-order valence-corrected chi connectivity index (χ2v) is 5.41. The Hall–Kier alpha value is -0.810. The molecule has 0 spiro atoms. The van der Waals surface area contributed by atoms with Crippen LogP contribution in [0.1, 0.15) is 39.0 Å². The summed E-state index contributed by atoms with van der Waals surface area (Å²) in [6, 6.07) is 1.23. The number of amides is 2. The zero-order valence-corrected chi connectivity index (χ0v) is 12.2. The van der Waals surface area contributed by atoms with Crippen LogP contribution < -0.4 is 16.0 Å². The van der Waals surface area contributed by atoms with Crippen molar-refractivity contribution < 1.29 is 9.59 Å². The Labute approximate surface area is 120 Å². The molecule has 0 radical (unpaired) electrons. The molecule has 19 heavy (non-hydrogen) atoms. The highest BCUT2D eigenvalue weighted by atomic mass is 35.5. The second kappa shape index (κ2) is 7.70. The summed E-state index contributed by atoms with van der Waals surface area (Å²) in [6.07, 6.45) is 5.27. The van der Waals surface area contributed by atoms with Crippen LogP contribution in [0.3, 0.4) is 0 Å². The molecule has 2 heterocycles. The number of carbonyl (C=O) groups excluding carboxylic acids is 2.